The monoisotopic (exact) mass is 505 g/mol. The Kier molecular flexibility index (Phi) is 5.07. The average Bonchev–Trinajstić information content (AvgIpc) is 3.11. The molecule has 0 saturated carbocycles. The largest absolute Gasteiger partial charge is 0.478 e. The van der Waals surface area contributed by atoms with E-state index in [2.05, 4.69) is 15.9 Å². The van der Waals surface area contributed by atoms with Gasteiger partial charge in [-0.25, -0.2) is 8.42 Å². The summed E-state index contributed by atoms with van der Waals surface area (Å²) < 4.78 is 42.4. The maximum absolute atomic E-state index is 13.2. The van der Waals surface area contributed by atoms with Gasteiger partial charge >= 0.3 is 0 Å². The highest BCUT2D eigenvalue weighted by molar-refractivity contribution is 9.10. The first-order valence-corrected chi connectivity index (χ1v) is 12.5. The number of fused-ring (bicyclic) bond motifs is 3. The van der Waals surface area contributed by atoms with Crippen LogP contribution in [0.3, 0.4) is 0 Å². The molecule has 162 valence electrons. The lowest BCUT2D eigenvalue weighted by Crippen LogP contribution is -2.41. The van der Waals surface area contributed by atoms with Crippen molar-refractivity contribution in [2.45, 2.75) is 25.9 Å². The Morgan fingerprint density at radius 3 is 2.74 bits per heavy atom. The zero-order valence-electron chi connectivity index (χ0n) is 16.8. The van der Waals surface area contributed by atoms with Crippen LogP contribution in [0, 0.1) is 6.92 Å². The highest BCUT2D eigenvalue weighted by atomic mass is 79.9. The van der Waals surface area contributed by atoms with E-state index >= 15 is 0 Å². The number of para-hydroxylation sites is 1. The summed E-state index contributed by atoms with van der Waals surface area (Å²) in [4.78, 5) is 15.2. The second kappa shape index (κ2) is 7.65. The maximum Gasteiger partial charge on any atom is 0.235 e. The van der Waals surface area contributed by atoms with E-state index in [1.165, 1.54) is 0 Å². The van der Waals surface area contributed by atoms with Gasteiger partial charge in [0, 0.05) is 12.6 Å². The molecule has 3 heterocycles. The van der Waals surface area contributed by atoms with E-state index in [1.54, 1.807) is 25.1 Å². The van der Waals surface area contributed by atoms with Crippen LogP contribution in [0.15, 0.2) is 50.1 Å². The van der Waals surface area contributed by atoms with Crippen molar-refractivity contribution in [1.82, 2.24) is 4.90 Å². The summed E-state index contributed by atoms with van der Waals surface area (Å²) >= 11 is 3.43. The van der Waals surface area contributed by atoms with Gasteiger partial charge in [-0.15, -0.1) is 0 Å². The highest BCUT2D eigenvalue weighted by Crippen LogP contribution is 2.36. The van der Waals surface area contributed by atoms with Gasteiger partial charge in [-0.1, -0.05) is 12.1 Å². The fraction of sp³-hybridized carbons (Fsp3) is 0.318. The summed E-state index contributed by atoms with van der Waals surface area (Å²) in [6.07, 6.45) is 0.582. The molecule has 1 aromatic heterocycles. The fourth-order valence-electron chi connectivity index (χ4n) is 4.13. The average molecular weight is 506 g/mol. The minimum atomic E-state index is -3.01. The van der Waals surface area contributed by atoms with Gasteiger partial charge in [-0.2, -0.15) is 0 Å². The van der Waals surface area contributed by atoms with Gasteiger partial charge in [0.1, 0.15) is 29.6 Å². The minimum absolute atomic E-state index is 0.0979. The van der Waals surface area contributed by atoms with Crippen LogP contribution in [-0.4, -0.2) is 37.6 Å². The standard InChI is InChI=1S/C22H20BrNO6S/c1-13-21(30-19-5-3-2-4-17(19)23)20(25)15-6-7-18-16(22(15)29-13)10-24(12-28-18)14-8-9-31(26,27)11-14/h2-7,14H,8-12H2,1H3. The Hall–Kier alpha value is -2.36. The molecule has 1 saturated heterocycles. The van der Waals surface area contributed by atoms with E-state index in [4.69, 9.17) is 13.9 Å². The molecule has 0 bridgehead atoms. The van der Waals surface area contributed by atoms with E-state index < -0.39 is 9.84 Å². The molecule has 2 aliphatic rings. The van der Waals surface area contributed by atoms with Crippen molar-refractivity contribution in [2.24, 2.45) is 0 Å². The van der Waals surface area contributed by atoms with Gasteiger partial charge in [0.05, 0.1) is 26.9 Å². The van der Waals surface area contributed by atoms with Gasteiger partial charge in [0.15, 0.2) is 9.84 Å². The van der Waals surface area contributed by atoms with E-state index in [0.717, 1.165) is 10.0 Å². The summed E-state index contributed by atoms with van der Waals surface area (Å²) in [5.41, 5.74) is 0.934. The first-order chi connectivity index (χ1) is 14.8. The molecule has 2 aliphatic heterocycles. The molecule has 3 aromatic rings. The highest BCUT2D eigenvalue weighted by Gasteiger charge is 2.35. The van der Waals surface area contributed by atoms with Crippen LogP contribution in [0.2, 0.25) is 0 Å². The maximum atomic E-state index is 13.2. The van der Waals surface area contributed by atoms with Crippen molar-refractivity contribution in [3.05, 3.63) is 62.4 Å². The molecule has 7 nitrogen and oxygen atoms in total. The minimum Gasteiger partial charge on any atom is -0.478 e. The van der Waals surface area contributed by atoms with E-state index in [0.29, 0.717) is 47.9 Å². The van der Waals surface area contributed by atoms with Crippen LogP contribution >= 0.6 is 15.9 Å². The van der Waals surface area contributed by atoms with Crippen molar-refractivity contribution in [1.29, 1.82) is 0 Å². The topological polar surface area (TPSA) is 86.1 Å². The molecule has 0 amide bonds. The Morgan fingerprint density at radius 2 is 2.00 bits per heavy atom. The van der Waals surface area contributed by atoms with Crippen molar-refractivity contribution in [2.75, 3.05) is 18.2 Å². The van der Waals surface area contributed by atoms with Gasteiger partial charge in [0.2, 0.25) is 11.2 Å². The molecule has 2 aromatic carbocycles. The summed E-state index contributed by atoms with van der Waals surface area (Å²) in [6, 6.07) is 10.6. The second-order valence-electron chi connectivity index (χ2n) is 7.85. The lowest BCUT2D eigenvalue weighted by molar-refractivity contribution is 0.0648. The Labute approximate surface area is 187 Å². The first-order valence-electron chi connectivity index (χ1n) is 9.91. The predicted molar refractivity (Wildman–Crippen MR) is 120 cm³/mol. The summed E-state index contributed by atoms with van der Waals surface area (Å²) in [6.45, 7) is 2.46. The third-order valence-corrected chi connectivity index (χ3v) is 8.17. The lowest BCUT2D eigenvalue weighted by Gasteiger charge is -2.33. The fourth-order valence-corrected chi connectivity index (χ4v) is 6.25. The Morgan fingerprint density at radius 1 is 1.19 bits per heavy atom. The third-order valence-electron chi connectivity index (χ3n) is 5.76. The van der Waals surface area contributed by atoms with Crippen molar-refractivity contribution in [3.63, 3.8) is 0 Å². The van der Waals surface area contributed by atoms with Gasteiger partial charge in [-0.3, -0.25) is 9.69 Å². The first kappa shape index (κ1) is 20.5. The number of rotatable bonds is 3. The lowest BCUT2D eigenvalue weighted by atomic mass is 10.1. The molecule has 0 radical (unpaired) electrons. The molecule has 0 N–H and O–H groups in total. The smallest absolute Gasteiger partial charge is 0.235 e. The second-order valence-corrected chi connectivity index (χ2v) is 10.9. The Bertz CT molecular complexity index is 1350. The number of aryl methyl sites for hydroxylation is 1. The number of hydrogen-bond donors (Lipinski definition) is 0. The molecular formula is C22H20BrNO6S. The number of hydrogen-bond acceptors (Lipinski definition) is 7. The van der Waals surface area contributed by atoms with Crippen molar-refractivity contribution < 1.29 is 22.3 Å². The summed E-state index contributed by atoms with van der Waals surface area (Å²) in [5, 5.41) is 0.399. The predicted octanol–water partition coefficient (Wildman–Crippen LogP) is 4.00. The third kappa shape index (κ3) is 3.75. The molecule has 0 aliphatic carbocycles. The van der Waals surface area contributed by atoms with Gasteiger partial charge in [-0.05, 0) is 53.5 Å². The molecule has 31 heavy (non-hydrogen) atoms. The number of benzene rings is 2. The van der Waals surface area contributed by atoms with Crippen LogP contribution in [0.5, 0.6) is 17.2 Å². The van der Waals surface area contributed by atoms with Crippen LogP contribution in [0.4, 0.5) is 0 Å². The molecular weight excluding hydrogens is 486 g/mol. The quantitative estimate of drug-likeness (QED) is 0.531. The number of nitrogens with zero attached hydrogens (tertiary/aromatic N) is 1. The van der Waals surface area contributed by atoms with Gasteiger partial charge < -0.3 is 13.9 Å². The molecule has 5 rings (SSSR count). The zero-order chi connectivity index (χ0) is 21.8. The molecule has 1 fully saturated rings. The molecule has 9 heteroatoms. The van der Waals surface area contributed by atoms with E-state index in [9.17, 15) is 13.2 Å². The number of sulfone groups is 1. The molecule has 1 atom stereocenters. The summed E-state index contributed by atoms with van der Waals surface area (Å²) in [5.74, 6) is 1.99. The van der Waals surface area contributed by atoms with E-state index in [-0.39, 0.29) is 28.7 Å². The zero-order valence-corrected chi connectivity index (χ0v) is 19.2. The molecule has 1 unspecified atom stereocenters. The van der Waals surface area contributed by atoms with Crippen LogP contribution < -0.4 is 14.9 Å². The van der Waals surface area contributed by atoms with Crippen LogP contribution in [-0.2, 0) is 16.4 Å². The van der Waals surface area contributed by atoms with Crippen molar-refractivity contribution in [3.8, 4) is 17.2 Å². The van der Waals surface area contributed by atoms with Crippen LogP contribution in [0.1, 0.15) is 17.7 Å². The van der Waals surface area contributed by atoms with Crippen LogP contribution in [0.25, 0.3) is 11.0 Å². The normalized spacial score (nSPS) is 20.4. The number of ether oxygens (including phenoxy) is 2. The van der Waals surface area contributed by atoms with E-state index in [1.807, 2.05) is 23.1 Å². The Balaban J connectivity index is 1.54. The molecule has 0 spiro atoms. The van der Waals surface area contributed by atoms with Gasteiger partial charge in [0.25, 0.3) is 0 Å². The van der Waals surface area contributed by atoms with Crippen molar-refractivity contribution >= 4 is 36.7 Å². The SMILES string of the molecule is Cc1oc2c3c(ccc2c(=O)c1Oc1ccccc1Br)OCN(C1CCS(=O)(=O)C1)C3. The number of halogens is 1. The summed E-state index contributed by atoms with van der Waals surface area (Å²) in [7, 11) is -3.01.